The van der Waals surface area contributed by atoms with Crippen molar-refractivity contribution in [3.05, 3.63) is 12.2 Å². The summed E-state index contributed by atoms with van der Waals surface area (Å²) in [5.74, 6) is 2.71. The minimum Gasteiger partial charge on any atom is -0.312 e. The zero-order chi connectivity index (χ0) is 9.47. The van der Waals surface area contributed by atoms with Crippen molar-refractivity contribution in [1.82, 2.24) is 5.32 Å². The molecule has 2 aliphatic carbocycles. The Bertz CT molecular complexity index is 212. The fraction of sp³-hybridized carbons (Fsp3) is 0.833. The van der Waals surface area contributed by atoms with Crippen molar-refractivity contribution in [1.29, 1.82) is 0 Å². The maximum Gasteiger partial charge on any atom is 0.00966 e. The smallest absolute Gasteiger partial charge is 0.00966 e. The van der Waals surface area contributed by atoms with Gasteiger partial charge in [-0.25, -0.2) is 0 Å². The van der Waals surface area contributed by atoms with E-state index in [1.807, 2.05) is 0 Å². The van der Waals surface area contributed by atoms with E-state index in [-0.39, 0.29) is 5.54 Å². The SMILES string of the molecule is CC(C)(C)NC[C@H]1C[C@@H]2C=C[C@H]1C2. The number of hydrogen-bond donors (Lipinski definition) is 1. The van der Waals surface area contributed by atoms with Gasteiger partial charge in [0.05, 0.1) is 0 Å². The summed E-state index contributed by atoms with van der Waals surface area (Å²) in [6.45, 7) is 7.94. The summed E-state index contributed by atoms with van der Waals surface area (Å²) in [6.07, 6.45) is 7.70. The second-order valence-corrected chi connectivity index (χ2v) is 5.67. The molecule has 0 spiro atoms. The molecule has 1 heteroatoms. The highest BCUT2D eigenvalue weighted by atomic mass is 14.9. The molecule has 0 saturated heterocycles. The monoisotopic (exact) mass is 179 g/mol. The highest BCUT2D eigenvalue weighted by molar-refractivity contribution is 5.10. The van der Waals surface area contributed by atoms with Gasteiger partial charge in [-0.15, -0.1) is 0 Å². The Kier molecular flexibility index (Phi) is 2.23. The van der Waals surface area contributed by atoms with Crippen LogP contribution in [0.5, 0.6) is 0 Å². The highest BCUT2D eigenvalue weighted by Crippen LogP contribution is 2.43. The third kappa shape index (κ3) is 2.14. The average Bonchev–Trinajstić information content (AvgIpc) is 2.58. The molecule has 2 rings (SSSR count). The molecule has 0 aromatic carbocycles. The summed E-state index contributed by atoms with van der Waals surface area (Å²) in [6, 6.07) is 0. The lowest BCUT2D eigenvalue weighted by Gasteiger charge is -2.26. The first kappa shape index (κ1) is 9.26. The Morgan fingerprint density at radius 1 is 1.23 bits per heavy atom. The van der Waals surface area contributed by atoms with E-state index < -0.39 is 0 Å². The fourth-order valence-electron chi connectivity index (χ4n) is 2.57. The molecule has 0 aromatic heterocycles. The van der Waals surface area contributed by atoms with Crippen LogP contribution in [0, 0.1) is 17.8 Å². The van der Waals surface area contributed by atoms with Crippen molar-refractivity contribution in [3.8, 4) is 0 Å². The van der Waals surface area contributed by atoms with Gasteiger partial charge in [0.2, 0.25) is 0 Å². The van der Waals surface area contributed by atoms with Gasteiger partial charge in [-0.05, 0) is 57.9 Å². The molecule has 3 atom stereocenters. The summed E-state index contributed by atoms with van der Waals surface area (Å²) in [4.78, 5) is 0. The van der Waals surface area contributed by atoms with Crippen LogP contribution in [0.4, 0.5) is 0 Å². The zero-order valence-corrected chi connectivity index (χ0v) is 9.01. The van der Waals surface area contributed by atoms with Crippen molar-refractivity contribution in [2.24, 2.45) is 17.8 Å². The van der Waals surface area contributed by atoms with Crippen LogP contribution in [0.3, 0.4) is 0 Å². The number of nitrogens with one attached hydrogen (secondary N) is 1. The molecule has 13 heavy (non-hydrogen) atoms. The predicted octanol–water partition coefficient (Wildman–Crippen LogP) is 2.59. The van der Waals surface area contributed by atoms with E-state index in [9.17, 15) is 0 Å². The number of rotatable bonds is 2. The Hall–Kier alpha value is -0.300. The first-order valence-electron chi connectivity index (χ1n) is 5.48. The second kappa shape index (κ2) is 3.13. The van der Waals surface area contributed by atoms with E-state index in [1.54, 1.807) is 0 Å². The largest absolute Gasteiger partial charge is 0.312 e. The lowest BCUT2D eigenvalue weighted by Crippen LogP contribution is -2.39. The molecule has 0 unspecified atom stereocenters. The minimum atomic E-state index is 0.283. The quantitative estimate of drug-likeness (QED) is 0.642. The van der Waals surface area contributed by atoms with E-state index in [1.165, 1.54) is 19.4 Å². The Morgan fingerprint density at radius 3 is 2.46 bits per heavy atom. The van der Waals surface area contributed by atoms with E-state index in [0.717, 1.165) is 17.8 Å². The molecular formula is C12H21N. The molecule has 0 radical (unpaired) electrons. The van der Waals surface area contributed by atoms with Gasteiger partial charge in [0.1, 0.15) is 0 Å². The van der Waals surface area contributed by atoms with Crippen molar-refractivity contribution in [2.75, 3.05) is 6.54 Å². The lowest BCUT2D eigenvalue weighted by molar-refractivity contribution is 0.342. The topological polar surface area (TPSA) is 12.0 Å². The van der Waals surface area contributed by atoms with Gasteiger partial charge >= 0.3 is 0 Å². The summed E-state index contributed by atoms with van der Waals surface area (Å²) < 4.78 is 0. The van der Waals surface area contributed by atoms with Crippen molar-refractivity contribution < 1.29 is 0 Å². The maximum atomic E-state index is 3.61. The van der Waals surface area contributed by atoms with Gasteiger partial charge < -0.3 is 5.32 Å². The number of fused-ring (bicyclic) bond motifs is 2. The lowest BCUT2D eigenvalue weighted by atomic mass is 9.92. The predicted molar refractivity (Wildman–Crippen MR) is 56.6 cm³/mol. The molecule has 2 bridgehead atoms. The van der Waals surface area contributed by atoms with Crippen LogP contribution in [-0.2, 0) is 0 Å². The Labute approximate surface area is 81.6 Å². The molecule has 0 amide bonds. The molecule has 0 aromatic rings. The average molecular weight is 179 g/mol. The van der Waals surface area contributed by atoms with Crippen LogP contribution in [0.1, 0.15) is 33.6 Å². The first-order valence-corrected chi connectivity index (χ1v) is 5.48. The molecule has 1 fully saturated rings. The van der Waals surface area contributed by atoms with Crippen LogP contribution < -0.4 is 5.32 Å². The Morgan fingerprint density at radius 2 is 2.00 bits per heavy atom. The number of hydrogen-bond acceptors (Lipinski definition) is 1. The molecule has 74 valence electrons. The second-order valence-electron chi connectivity index (χ2n) is 5.67. The van der Waals surface area contributed by atoms with E-state index in [2.05, 4.69) is 38.2 Å². The summed E-state index contributed by atoms with van der Waals surface area (Å²) in [7, 11) is 0. The van der Waals surface area contributed by atoms with E-state index >= 15 is 0 Å². The standard InChI is InChI=1S/C12H21N/c1-12(2,3)13-8-11-7-9-4-5-10(11)6-9/h4-5,9-11,13H,6-8H2,1-3H3/t9-,10+,11-/m1/s1. The minimum absolute atomic E-state index is 0.283. The van der Waals surface area contributed by atoms with Gasteiger partial charge in [-0.1, -0.05) is 12.2 Å². The van der Waals surface area contributed by atoms with E-state index in [0.29, 0.717) is 0 Å². The molecule has 1 nitrogen and oxygen atoms in total. The van der Waals surface area contributed by atoms with Crippen molar-refractivity contribution >= 4 is 0 Å². The van der Waals surface area contributed by atoms with Gasteiger partial charge in [-0.3, -0.25) is 0 Å². The van der Waals surface area contributed by atoms with Crippen molar-refractivity contribution in [3.63, 3.8) is 0 Å². The Balaban J connectivity index is 1.81. The van der Waals surface area contributed by atoms with Crippen LogP contribution in [0.25, 0.3) is 0 Å². The van der Waals surface area contributed by atoms with E-state index in [4.69, 9.17) is 0 Å². The third-order valence-corrected chi connectivity index (χ3v) is 3.31. The molecule has 1 saturated carbocycles. The number of allylic oxidation sites excluding steroid dienone is 2. The normalized spacial score (nSPS) is 37.3. The van der Waals surface area contributed by atoms with Crippen molar-refractivity contribution in [2.45, 2.75) is 39.2 Å². The van der Waals surface area contributed by atoms with Crippen LogP contribution >= 0.6 is 0 Å². The van der Waals surface area contributed by atoms with Crippen LogP contribution in [0.2, 0.25) is 0 Å². The maximum absolute atomic E-state index is 3.61. The molecule has 0 heterocycles. The summed E-state index contributed by atoms with van der Waals surface area (Å²) in [5.41, 5.74) is 0.283. The molecule has 1 N–H and O–H groups in total. The zero-order valence-electron chi connectivity index (χ0n) is 9.01. The first-order chi connectivity index (χ1) is 6.04. The van der Waals surface area contributed by atoms with Crippen LogP contribution in [0.15, 0.2) is 12.2 Å². The highest BCUT2D eigenvalue weighted by Gasteiger charge is 2.35. The van der Waals surface area contributed by atoms with Gasteiger partial charge in [0.25, 0.3) is 0 Å². The molecule has 0 aliphatic heterocycles. The molecular weight excluding hydrogens is 158 g/mol. The van der Waals surface area contributed by atoms with Crippen LogP contribution in [-0.4, -0.2) is 12.1 Å². The third-order valence-electron chi connectivity index (χ3n) is 3.31. The summed E-state index contributed by atoms with van der Waals surface area (Å²) >= 11 is 0. The van der Waals surface area contributed by atoms with Gasteiger partial charge in [0, 0.05) is 5.54 Å². The van der Waals surface area contributed by atoms with Gasteiger partial charge in [0.15, 0.2) is 0 Å². The van der Waals surface area contributed by atoms with Gasteiger partial charge in [-0.2, -0.15) is 0 Å². The summed E-state index contributed by atoms with van der Waals surface area (Å²) in [5, 5.41) is 3.61. The molecule has 2 aliphatic rings. The fourth-order valence-corrected chi connectivity index (χ4v) is 2.57.